The first kappa shape index (κ1) is 21.9. The molecule has 174 valence electrons. The number of carbonyl (C=O) groups excluding carboxylic acids is 2. The van der Waals surface area contributed by atoms with Crippen LogP contribution in [0.4, 0.5) is 0 Å². The molecular formula is C27H43NO3. The highest BCUT2D eigenvalue weighted by molar-refractivity contribution is 5.83. The van der Waals surface area contributed by atoms with Gasteiger partial charge in [0.1, 0.15) is 11.3 Å². The normalized spacial score (nSPS) is 47.9. The van der Waals surface area contributed by atoms with E-state index in [1.807, 2.05) is 0 Å². The summed E-state index contributed by atoms with van der Waals surface area (Å²) in [5.74, 6) is 3.09. The Balaban J connectivity index is 1.44. The number of hydrogen-bond donors (Lipinski definition) is 1. The van der Waals surface area contributed by atoms with Gasteiger partial charge in [-0.2, -0.15) is 0 Å². The molecule has 5 rings (SSSR count). The van der Waals surface area contributed by atoms with Crippen molar-refractivity contribution in [2.24, 2.45) is 34.5 Å². The Morgan fingerprint density at radius 1 is 0.935 bits per heavy atom. The van der Waals surface area contributed by atoms with Crippen LogP contribution in [0.2, 0.25) is 0 Å². The van der Waals surface area contributed by atoms with Gasteiger partial charge in [0.25, 0.3) is 0 Å². The highest BCUT2D eigenvalue weighted by Crippen LogP contribution is 2.68. The lowest BCUT2D eigenvalue weighted by molar-refractivity contribution is -0.164. The summed E-state index contributed by atoms with van der Waals surface area (Å²) in [6, 6.07) is 0.457. The SMILES string of the molecule is COC(=O)C1(NC2CCCCC2)CC[C@H]2[C@@H]3CCC4CC(=O)CC[C@]4(C)[C@@H]3CC[C@@]21C. The van der Waals surface area contributed by atoms with Crippen LogP contribution in [0.15, 0.2) is 0 Å². The predicted octanol–water partition coefficient (Wildman–Crippen LogP) is 5.43. The molecule has 31 heavy (non-hydrogen) atoms. The molecule has 4 nitrogen and oxygen atoms in total. The number of esters is 1. The summed E-state index contributed by atoms with van der Waals surface area (Å²) in [5, 5.41) is 3.97. The predicted molar refractivity (Wildman–Crippen MR) is 121 cm³/mol. The molecule has 2 unspecified atom stereocenters. The number of methoxy groups -OCH3 is 1. The van der Waals surface area contributed by atoms with Crippen LogP contribution < -0.4 is 5.32 Å². The molecule has 0 amide bonds. The van der Waals surface area contributed by atoms with Gasteiger partial charge in [-0.05, 0) is 92.3 Å². The van der Waals surface area contributed by atoms with Gasteiger partial charge in [-0.25, -0.2) is 0 Å². The van der Waals surface area contributed by atoms with E-state index in [0.29, 0.717) is 35.0 Å². The van der Waals surface area contributed by atoms with Crippen LogP contribution in [0, 0.1) is 34.5 Å². The maximum Gasteiger partial charge on any atom is 0.326 e. The Kier molecular flexibility index (Phi) is 5.55. The molecule has 5 aliphatic rings. The lowest BCUT2D eigenvalue weighted by Gasteiger charge is -2.61. The Morgan fingerprint density at radius 2 is 1.68 bits per heavy atom. The van der Waals surface area contributed by atoms with Crippen molar-refractivity contribution in [3.63, 3.8) is 0 Å². The molecule has 0 bridgehead atoms. The maximum atomic E-state index is 13.4. The van der Waals surface area contributed by atoms with E-state index in [4.69, 9.17) is 4.74 Å². The standard InChI is InChI=1S/C27H43NO3/c1-25-14-11-20(29)17-18(25)9-10-21-22(25)12-15-26(2)23(21)13-16-27(26,24(30)31-3)28-19-7-5-4-6-8-19/h18-19,21-23,28H,4-17H2,1-3H3/t18?,21-,22-,23+,25+,26+,27?/m1/s1. The highest BCUT2D eigenvalue weighted by Gasteiger charge is 2.68. The lowest BCUT2D eigenvalue weighted by atomic mass is 9.44. The molecule has 5 saturated carbocycles. The minimum absolute atomic E-state index is 0.00955. The van der Waals surface area contributed by atoms with Gasteiger partial charge in [-0.3, -0.25) is 14.9 Å². The molecule has 5 fully saturated rings. The second-order valence-corrected chi connectivity index (χ2v) is 12.3. The first-order valence-electron chi connectivity index (χ1n) is 13.2. The van der Waals surface area contributed by atoms with Gasteiger partial charge in [0.05, 0.1) is 7.11 Å². The van der Waals surface area contributed by atoms with Crippen LogP contribution in [-0.4, -0.2) is 30.4 Å². The van der Waals surface area contributed by atoms with Gasteiger partial charge < -0.3 is 4.74 Å². The third-order valence-corrected chi connectivity index (χ3v) is 11.3. The van der Waals surface area contributed by atoms with Gasteiger partial charge >= 0.3 is 5.97 Å². The Hall–Kier alpha value is -0.900. The molecule has 0 aromatic heterocycles. The minimum atomic E-state index is -0.514. The van der Waals surface area contributed by atoms with Crippen LogP contribution in [0.3, 0.4) is 0 Å². The number of nitrogens with one attached hydrogen (secondary N) is 1. The van der Waals surface area contributed by atoms with E-state index < -0.39 is 5.54 Å². The smallest absolute Gasteiger partial charge is 0.326 e. The Bertz CT molecular complexity index is 730. The van der Waals surface area contributed by atoms with Crippen molar-refractivity contribution in [1.82, 2.24) is 5.32 Å². The van der Waals surface area contributed by atoms with E-state index in [0.717, 1.165) is 44.4 Å². The van der Waals surface area contributed by atoms with E-state index in [1.165, 1.54) is 51.4 Å². The van der Waals surface area contributed by atoms with E-state index in [9.17, 15) is 9.59 Å². The topological polar surface area (TPSA) is 55.4 Å². The average molecular weight is 430 g/mol. The number of ketones is 1. The van der Waals surface area contributed by atoms with Crippen LogP contribution in [0.5, 0.6) is 0 Å². The molecule has 4 heteroatoms. The van der Waals surface area contributed by atoms with Crippen LogP contribution in [0.1, 0.15) is 104 Å². The van der Waals surface area contributed by atoms with Crippen LogP contribution in [0.25, 0.3) is 0 Å². The van der Waals surface area contributed by atoms with Crippen molar-refractivity contribution in [3.8, 4) is 0 Å². The first-order chi connectivity index (χ1) is 14.8. The van der Waals surface area contributed by atoms with Crippen molar-refractivity contribution >= 4 is 11.8 Å². The highest BCUT2D eigenvalue weighted by atomic mass is 16.5. The van der Waals surface area contributed by atoms with Gasteiger partial charge in [0.15, 0.2) is 0 Å². The Morgan fingerprint density at radius 3 is 2.42 bits per heavy atom. The molecular weight excluding hydrogens is 386 g/mol. The van der Waals surface area contributed by atoms with Crippen molar-refractivity contribution in [3.05, 3.63) is 0 Å². The zero-order valence-electron chi connectivity index (χ0n) is 20.0. The molecule has 0 aromatic carbocycles. The van der Waals surface area contributed by atoms with Crippen molar-refractivity contribution in [2.45, 2.75) is 115 Å². The average Bonchev–Trinajstić information content (AvgIpc) is 3.07. The van der Waals surface area contributed by atoms with E-state index >= 15 is 0 Å². The monoisotopic (exact) mass is 429 g/mol. The summed E-state index contributed by atoms with van der Waals surface area (Å²) in [6.07, 6.45) is 15.8. The fourth-order valence-corrected chi connectivity index (χ4v) is 9.49. The number of carbonyl (C=O) groups is 2. The molecule has 1 N–H and O–H groups in total. The van der Waals surface area contributed by atoms with Gasteiger partial charge in [-0.15, -0.1) is 0 Å². The third kappa shape index (κ3) is 3.17. The Labute approximate surface area is 188 Å². The number of Topliss-reactive ketones (excluding diaryl/α,β-unsaturated/α-hetero) is 1. The summed E-state index contributed by atoms with van der Waals surface area (Å²) >= 11 is 0. The summed E-state index contributed by atoms with van der Waals surface area (Å²) in [5.41, 5.74) is -0.211. The molecule has 0 radical (unpaired) electrons. The van der Waals surface area contributed by atoms with Crippen molar-refractivity contribution in [1.29, 1.82) is 0 Å². The largest absolute Gasteiger partial charge is 0.468 e. The minimum Gasteiger partial charge on any atom is -0.468 e. The molecule has 7 atom stereocenters. The number of rotatable bonds is 3. The van der Waals surface area contributed by atoms with E-state index in [2.05, 4.69) is 19.2 Å². The molecule has 0 aliphatic heterocycles. The zero-order valence-corrected chi connectivity index (χ0v) is 20.0. The second-order valence-electron chi connectivity index (χ2n) is 12.3. The van der Waals surface area contributed by atoms with Crippen LogP contribution in [-0.2, 0) is 14.3 Å². The van der Waals surface area contributed by atoms with Crippen molar-refractivity contribution < 1.29 is 14.3 Å². The third-order valence-electron chi connectivity index (χ3n) is 11.3. The fraction of sp³-hybridized carbons (Fsp3) is 0.926. The number of fused-ring (bicyclic) bond motifs is 5. The molecule has 0 heterocycles. The maximum absolute atomic E-state index is 13.4. The zero-order chi connectivity index (χ0) is 21.9. The molecule has 0 spiro atoms. The quantitative estimate of drug-likeness (QED) is 0.608. The lowest BCUT2D eigenvalue weighted by Crippen LogP contribution is -2.66. The van der Waals surface area contributed by atoms with E-state index in [-0.39, 0.29) is 11.4 Å². The fourth-order valence-electron chi connectivity index (χ4n) is 9.49. The summed E-state index contributed by atoms with van der Waals surface area (Å²) in [4.78, 5) is 25.6. The van der Waals surface area contributed by atoms with Gasteiger partial charge in [-0.1, -0.05) is 33.1 Å². The number of ether oxygens (including phenoxy) is 1. The van der Waals surface area contributed by atoms with E-state index in [1.54, 1.807) is 7.11 Å². The van der Waals surface area contributed by atoms with Crippen molar-refractivity contribution in [2.75, 3.05) is 7.11 Å². The summed E-state index contributed by atoms with van der Waals surface area (Å²) in [7, 11) is 1.58. The summed E-state index contributed by atoms with van der Waals surface area (Å²) < 4.78 is 5.51. The summed E-state index contributed by atoms with van der Waals surface area (Å²) in [6.45, 7) is 4.93. The van der Waals surface area contributed by atoms with Crippen LogP contribution >= 0.6 is 0 Å². The molecule has 5 aliphatic carbocycles. The number of hydrogen-bond acceptors (Lipinski definition) is 4. The second kappa shape index (κ2) is 7.85. The first-order valence-corrected chi connectivity index (χ1v) is 13.2. The van der Waals surface area contributed by atoms with Gasteiger partial charge in [0, 0.05) is 18.9 Å². The molecule has 0 aromatic rings. The van der Waals surface area contributed by atoms with Gasteiger partial charge in [0.2, 0.25) is 0 Å². The molecule has 0 saturated heterocycles.